The van der Waals surface area contributed by atoms with Gasteiger partial charge in [-0.2, -0.15) is 0 Å². The van der Waals surface area contributed by atoms with Crippen molar-refractivity contribution in [2.45, 2.75) is 52.0 Å². The summed E-state index contributed by atoms with van der Waals surface area (Å²) in [4.78, 5) is 8.48. The zero-order valence-corrected chi connectivity index (χ0v) is 19.0. The van der Waals surface area contributed by atoms with Gasteiger partial charge in [-0.15, -0.1) is 0 Å². The van der Waals surface area contributed by atoms with E-state index in [0.29, 0.717) is 6.04 Å². The molecule has 1 aromatic heterocycles. The summed E-state index contributed by atoms with van der Waals surface area (Å²) in [5.41, 5.74) is 12.0. The van der Waals surface area contributed by atoms with Gasteiger partial charge >= 0.3 is 0 Å². The van der Waals surface area contributed by atoms with Crippen molar-refractivity contribution in [2.24, 2.45) is 5.92 Å². The first-order chi connectivity index (χ1) is 15.7. The molecule has 0 bridgehead atoms. The van der Waals surface area contributed by atoms with Crippen LogP contribution in [0, 0.1) is 12.8 Å². The molecule has 6 rings (SSSR count). The summed E-state index contributed by atoms with van der Waals surface area (Å²) in [5, 5.41) is 3.56. The van der Waals surface area contributed by atoms with Crippen molar-refractivity contribution in [1.82, 2.24) is 15.3 Å². The lowest BCUT2D eigenvalue weighted by molar-refractivity contribution is 0.502. The number of imidazole rings is 1. The van der Waals surface area contributed by atoms with Gasteiger partial charge in [0.2, 0.25) is 0 Å². The van der Waals surface area contributed by atoms with E-state index >= 15 is 0 Å². The Hall–Kier alpha value is -2.91. The zero-order chi connectivity index (χ0) is 21.7. The third-order valence-corrected chi connectivity index (χ3v) is 7.44. The maximum atomic E-state index is 4.87. The molecule has 1 aliphatic heterocycles. The minimum atomic E-state index is 0.369. The number of fused-ring (bicyclic) bond motifs is 2. The maximum absolute atomic E-state index is 4.87. The van der Waals surface area contributed by atoms with Gasteiger partial charge in [0.1, 0.15) is 5.82 Å². The van der Waals surface area contributed by atoms with Crippen LogP contribution in [-0.4, -0.2) is 16.5 Å². The van der Waals surface area contributed by atoms with E-state index < -0.39 is 0 Å². The molecule has 2 heterocycles. The Kier molecular flexibility index (Phi) is 4.87. The van der Waals surface area contributed by atoms with Gasteiger partial charge in [-0.25, -0.2) is 4.98 Å². The minimum Gasteiger partial charge on any atom is -0.341 e. The summed E-state index contributed by atoms with van der Waals surface area (Å²) in [5.74, 6) is 1.81. The van der Waals surface area contributed by atoms with Crippen LogP contribution in [0.4, 0.5) is 0 Å². The molecule has 0 amide bonds. The standard InChI is InChI=1S/C29H31N3/c1-18-5-8-20(9-6-18)22-12-13-23(25-16-19(2)7-11-24(22)25)21-10-14-26-28(17-21)32-29(31-26)27-4-3-15-30-27/h5-6,8-10,12-14,17,19,27,30H,3-4,7,11,15-16H2,1-2H3,(H,31,32). The van der Waals surface area contributed by atoms with Crippen LogP contribution in [0.5, 0.6) is 0 Å². The van der Waals surface area contributed by atoms with Crippen LogP contribution in [0.3, 0.4) is 0 Å². The van der Waals surface area contributed by atoms with Crippen LogP contribution in [0.25, 0.3) is 33.3 Å². The van der Waals surface area contributed by atoms with Crippen molar-refractivity contribution in [2.75, 3.05) is 6.54 Å². The summed E-state index contributed by atoms with van der Waals surface area (Å²) >= 11 is 0. The minimum absolute atomic E-state index is 0.369. The second kappa shape index (κ2) is 7.90. The Morgan fingerprint density at radius 3 is 2.44 bits per heavy atom. The smallest absolute Gasteiger partial charge is 0.124 e. The molecule has 32 heavy (non-hydrogen) atoms. The SMILES string of the molecule is Cc1ccc(-c2ccc(-c3ccc4nc(C5CCCN5)[nH]c4c3)c3c2CCC(C)C3)cc1. The lowest BCUT2D eigenvalue weighted by atomic mass is 9.78. The van der Waals surface area contributed by atoms with Gasteiger partial charge in [0.25, 0.3) is 0 Å². The first-order valence-corrected chi connectivity index (χ1v) is 12.1. The van der Waals surface area contributed by atoms with Crippen molar-refractivity contribution in [3.8, 4) is 22.3 Å². The van der Waals surface area contributed by atoms with E-state index in [2.05, 4.69) is 78.7 Å². The number of aromatic nitrogens is 2. The molecule has 162 valence electrons. The summed E-state index contributed by atoms with van der Waals surface area (Å²) in [6.07, 6.45) is 5.98. The van der Waals surface area contributed by atoms with E-state index in [1.807, 2.05) is 0 Å². The topological polar surface area (TPSA) is 40.7 Å². The quantitative estimate of drug-likeness (QED) is 0.384. The van der Waals surface area contributed by atoms with Gasteiger partial charge in [-0.1, -0.05) is 55.0 Å². The van der Waals surface area contributed by atoms with E-state index in [-0.39, 0.29) is 0 Å². The van der Waals surface area contributed by atoms with Crippen molar-refractivity contribution in [1.29, 1.82) is 0 Å². The number of nitrogens with zero attached hydrogens (tertiary/aromatic N) is 1. The molecule has 2 atom stereocenters. The number of hydrogen-bond acceptors (Lipinski definition) is 2. The molecule has 0 spiro atoms. The van der Waals surface area contributed by atoms with E-state index in [9.17, 15) is 0 Å². The summed E-state index contributed by atoms with van der Waals surface area (Å²) in [7, 11) is 0. The van der Waals surface area contributed by atoms with Gasteiger partial charge in [-0.05, 0) is 97.0 Å². The van der Waals surface area contributed by atoms with Crippen molar-refractivity contribution >= 4 is 11.0 Å². The monoisotopic (exact) mass is 421 g/mol. The second-order valence-electron chi connectivity index (χ2n) is 9.83. The zero-order valence-electron chi connectivity index (χ0n) is 19.0. The number of aromatic amines is 1. The van der Waals surface area contributed by atoms with Crippen molar-refractivity contribution in [3.63, 3.8) is 0 Å². The molecular weight excluding hydrogens is 390 g/mol. The van der Waals surface area contributed by atoms with Crippen LogP contribution >= 0.6 is 0 Å². The Morgan fingerprint density at radius 1 is 0.875 bits per heavy atom. The molecule has 1 saturated heterocycles. The first-order valence-electron chi connectivity index (χ1n) is 12.1. The molecule has 2 N–H and O–H groups in total. The fraction of sp³-hybridized carbons (Fsp3) is 0.345. The Labute approximate surface area is 190 Å². The summed E-state index contributed by atoms with van der Waals surface area (Å²) in [6, 6.07) is 20.8. The molecule has 3 aromatic carbocycles. The molecule has 0 saturated carbocycles. The van der Waals surface area contributed by atoms with Crippen LogP contribution in [0.15, 0.2) is 54.6 Å². The van der Waals surface area contributed by atoms with E-state index in [4.69, 9.17) is 4.98 Å². The molecule has 2 aliphatic rings. The highest BCUT2D eigenvalue weighted by Crippen LogP contribution is 2.40. The van der Waals surface area contributed by atoms with E-state index in [1.165, 1.54) is 47.1 Å². The molecule has 3 heteroatoms. The first kappa shape index (κ1) is 19.8. The highest BCUT2D eigenvalue weighted by molar-refractivity contribution is 5.85. The number of benzene rings is 3. The second-order valence-corrected chi connectivity index (χ2v) is 9.83. The molecule has 1 fully saturated rings. The fourth-order valence-corrected chi connectivity index (χ4v) is 5.61. The Bertz CT molecular complexity index is 1280. The van der Waals surface area contributed by atoms with Gasteiger partial charge in [-0.3, -0.25) is 0 Å². The predicted molar refractivity (Wildman–Crippen MR) is 133 cm³/mol. The van der Waals surface area contributed by atoms with E-state index in [1.54, 1.807) is 11.1 Å². The van der Waals surface area contributed by atoms with Gasteiger partial charge in [0, 0.05) is 0 Å². The average Bonchev–Trinajstić information content (AvgIpc) is 3.48. The number of hydrogen-bond donors (Lipinski definition) is 2. The number of nitrogens with one attached hydrogen (secondary N) is 2. The molecule has 3 nitrogen and oxygen atoms in total. The molecule has 0 radical (unpaired) electrons. The van der Waals surface area contributed by atoms with Crippen molar-refractivity contribution < 1.29 is 0 Å². The Balaban J connectivity index is 1.45. The predicted octanol–water partition coefficient (Wildman–Crippen LogP) is 6.75. The molecular formula is C29H31N3. The van der Waals surface area contributed by atoms with Crippen LogP contribution < -0.4 is 5.32 Å². The van der Waals surface area contributed by atoms with Crippen LogP contribution in [-0.2, 0) is 12.8 Å². The molecule has 2 unspecified atom stereocenters. The number of rotatable bonds is 3. The van der Waals surface area contributed by atoms with Gasteiger partial charge < -0.3 is 10.3 Å². The van der Waals surface area contributed by atoms with Crippen LogP contribution in [0.1, 0.15) is 54.7 Å². The van der Waals surface area contributed by atoms with E-state index in [0.717, 1.165) is 42.2 Å². The Morgan fingerprint density at radius 2 is 1.66 bits per heavy atom. The van der Waals surface area contributed by atoms with Gasteiger partial charge in [0.05, 0.1) is 17.1 Å². The average molecular weight is 422 g/mol. The normalized spacial score (nSPS) is 20.6. The highest BCUT2D eigenvalue weighted by Gasteiger charge is 2.23. The van der Waals surface area contributed by atoms with Gasteiger partial charge in [0.15, 0.2) is 0 Å². The lowest BCUT2D eigenvalue weighted by Gasteiger charge is -2.27. The van der Waals surface area contributed by atoms with Crippen LogP contribution in [0.2, 0.25) is 0 Å². The number of aryl methyl sites for hydroxylation is 1. The summed E-state index contributed by atoms with van der Waals surface area (Å²) < 4.78 is 0. The maximum Gasteiger partial charge on any atom is 0.124 e. The lowest BCUT2D eigenvalue weighted by Crippen LogP contribution is -2.14. The molecule has 4 aromatic rings. The third-order valence-electron chi connectivity index (χ3n) is 7.44. The fourth-order valence-electron chi connectivity index (χ4n) is 5.61. The van der Waals surface area contributed by atoms with Crippen molar-refractivity contribution in [3.05, 3.63) is 77.1 Å². The third kappa shape index (κ3) is 3.45. The highest BCUT2D eigenvalue weighted by atomic mass is 15.0. The largest absolute Gasteiger partial charge is 0.341 e. The number of H-pyrrole nitrogens is 1. The summed E-state index contributed by atoms with van der Waals surface area (Å²) in [6.45, 7) is 5.64. The molecule has 1 aliphatic carbocycles.